The molecule has 6 heteroatoms. The monoisotopic (exact) mass is 553 g/mol. The van der Waals surface area contributed by atoms with Gasteiger partial charge in [0.25, 0.3) is 0 Å². The summed E-state index contributed by atoms with van der Waals surface area (Å²) in [4.78, 5) is 22.8. The fourth-order valence-corrected chi connectivity index (χ4v) is 5.17. The van der Waals surface area contributed by atoms with Crippen LogP contribution in [0.25, 0.3) is 21.7 Å². The Morgan fingerprint density at radius 3 is 2.38 bits per heavy atom. The molecule has 0 aliphatic carbocycles. The zero-order valence-electron chi connectivity index (χ0n) is 21.1. The normalized spacial score (nSPS) is 12.1. The van der Waals surface area contributed by atoms with Gasteiger partial charge in [-0.2, -0.15) is 0 Å². The maximum Gasteiger partial charge on any atom is 0.242 e. The summed E-state index contributed by atoms with van der Waals surface area (Å²) >= 11 is 3.59. The van der Waals surface area contributed by atoms with Crippen LogP contribution in [0.1, 0.15) is 17.2 Å². The highest BCUT2D eigenvalue weighted by Gasteiger charge is 2.32. The van der Waals surface area contributed by atoms with Crippen LogP contribution in [0.4, 0.5) is 5.69 Å². The minimum Gasteiger partial charge on any atom is -0.481 e. The van der Waals surface area contributed by atoms with E-state index >= 15 is 0 Å². The molecule has 186 valence electrons. The molecule has 0 bridgehead atoms. The van der Waals surface area contributed by atoms with Crippen LogP contribution in [0, 0.1) is 0 Å². The van der Waals surface area contributed by atoms with Gasteiger partial charge in [-0.05, 0) is 55.4 Å². The van der Waals surface area contributed by atoms with Crippen molar-refractivity contribution in [3.63, 3.8) is 0 Å². The van der Waals surface area contributed by atoms with Gasteiger partial charge < -0.3 is 9.64 Å². The molecule has 5 aromatic rings. The molecule has 1 unspecified atom stereocenters. The number of hydrogen-bond donors (Lipinski definition) is 0. The molecule has 1 amide bonds. The Kier molecular flexibility index (Phi) is 7.22. The number of fused-ring (bicyclic) bond motifs is 2. The van der Waals surface area contributed by atoms with Gasteiger partial charge in [0, 0.05) is 20.8 Å². The van der Waals surface area contributed by atoms with Crippen LogP contribution >= 0.6 is 15.9 Å². The van der Waals surface area contributed by atoms with Crippen molar-refractivity contribution in [2.24, 2.45) is 0 Å². The van der Waals surface area contributed by atoms with Gasteiger partial charge in [-0.25, -0.2) is 4.98 Å². The smallest absolute Gasteiger partial charge is 0.242 e. The third-order valence-corrected chi connectivity index (χ3v) is 6.87. The second-order valence-electron chi connectivity index (χ2n) is 9.24. The summed E-state index contributed by atoms with van der Waals surface area (Å²) in [6.07, 6.45) is 0. The first-order chi connectivity index (χ1) is 18.0. The highest BCUT2D eigenvalue weighted by molar-refractivity contribution is 9.10. The van der Waals surface area contributed by atoms with Gasteiger partial charge in [0.05, 0.1) is 30.9 Å². The van der Waals surface area contributed by atoms with Gasteiger partial charge in [-0.3, -0.25) is 9.69 Å². The number of carbonyl (C=O) groups excluding carboxylic acids is 1. The van der Waals surface area contributed by atoms with E-state index in [9.17, 15) is 4.79 Å². The van der Waals surface area contributed by atoms with Crippen LogP contribution in [0.5, 0.6) is 5.88 Å². The Bertz CT molecular complexity index is 1560. The van der Waals surface area contributed by atoms with E-state index in [1.165, 1.54) is 0 Å². The Labute approximate surface area is 225 Å². The molecule has 0 fully saturated rings. The summed E-state index contributed by atoms with van der Waals surface area (Å²) in [5.74, 6) is 0.471. The summed E-state index contributed by atoms with van der Waals surface area (Å²) in [5.41, 5.74) is 3.46. The Hall–Kier alpha value is -3.74. The van der Waals surface area contributed by atoms with E-state index in [4.69, 9.17) is 9.72 Å². The Morgan fingerprint density at radius 1 is 0.892 bits per heavy atom. The van der Waals surface area contributed by atoms with Gasteiger partial charge in [0.15, 0.2) is 0 Å². The summed E-state index contributed by atoms with van der Waals surface area (Å²) in [5, 5.41) is 3.04. The van der Waals surface area contributed by atoms with E-state index in [0.717, 1.165) is 43.0 Å². The average molecular weight is 554 g/mol. The van der Waals surface area contributed by atoms with Crippen molar-refractivity contribution in [3.8, 4) is 5.88 Å². The zero-order valence-corrected chi connectivity index (χ0v) is 22.6. The second-order valence-corrected chi connectivity index (χ2v) is 10.2. The first kappa shape index (κ1) is 24.9. The number of benzene rings is 4. The summed E-state index contributed by atoms with van der Waals surface area (Å²) < 4.78 is 6.81. The van der Waals surface area contributed by atoms with Crippen LogP contribution in [0.2, 0.25) is 0 Å². The molecule has 37 heavy (non-hydrogen) atoms. The van der Waals surface area contributed by atoms with Gasteiger partial charge in [-0.1, -0.05) is 82.7 Å². The lowest BCUT2D eigenvalue weighted by atomic mass is 9.94. The van der Waals surface area contributed by atoms with Crippen molar-refractivity contribution >= 4 is 49.2 Å². The molecule has 5 rings (SSSR count). The first-order valence-electron chi connectivity index (χ1n) is 12.1. The summed E-state index contributed by atoms with van der Waals surface area (Å²) in [6.45, 7) is 0.251. The number of aromatic nitrogens is 1. The average Bonchev–Trinajstić information content (AvgIpc) is 2.90. The first-order valence-corrected chi connectivity index (χ1v) is 12.9. The van der Waals surface area contributed by atoms with Crippen molar-refractivity contribution in [3.05, 3.63) is 113 Å². The number of likely N-dealkylation sites (N-methyl/N-ethyl adjacent to an activating group) is 1. The van der Waals surface area contributed by atoms with Gasteiger partial charge in [0.2, 0.25) is 11.8 Å². The summed E-state index contributed by atoms with van der Waals surface area (Å²) in [7, 11) is 5.45. The second kappa shape index (κ2) is 10.7. The third-order valence-electron chi connectivity index (χ3n) is 6.38. The van der Waals surface area contributed by atoms with Crippen LogP contribution in [0.3, 0.4) is 0 Å². The fraction of sp³-hybridized carbons (Fsp3) is 0.161. The largest absolute Gasteiger partial charge is 0.481 e. The quantitative estimate of drug-likeness (QED) is 0.221. The van der Waals surface area contributed by atoms with E-state index in [1.54, 1.807) is 7.11 Å². The van der Waals surface area contributed by atoms with E-state index < -0.39 is 6.04 Å². The van der Waals surface area contributed by atoms with Gasteiger partial charge >= 0.3 is 0 Å². The number of halogens is 1. The molecule has 0 saturated heterocycles. The van der Waals surface area contributed by atoms with Crippen molar-refractivity contribution in [2.75, 3.05) is 32.6 Å². The van der Waals surface area contributed by atoms with Crippen LogP contribution in [-0.2, 0) is 4.79 Å². The third kappa shape index (κ3) is 5.08. The topological polar surface area (TPSA) is 45.7 Å². The number of pyridine rings is 1. The van der Waals surface area contributed by atoms with Crippen LogP contribution < -0.4 is 9.64 Å². The van der Waals surface area contributed by atoms with E-state index in [2.05, 4.69) is 52.3 Å². The molecule has 4 aromatic carbocycles. The van der Waals surface area contributed by atoms with E-state index in [0.29, 0.717) is 5.88 Å². The number of methoxy groups -OCH3 is 1. The maximum absolute atomic E-state index is 14.1. The minimum atomic E-state index is -0.467. The van der Waals surface area contributed by atoms with Crippen molar-refractivity contribution in [2.45, 2.75) is 6.04 Å². The number of nitrogens with zero attached hydrogens (tertiary/aromatic N) is 3. The molecular formula is C31H28BrN3O2. The molecule has 1 heterocycles. The molecule has 0 radical (unpaired) electrons. The number of ether oxygens (including phenoxy) is 1. The molecule has 0 aliphatic rings. The SMILES string of the molecule is COc1nc2ccc(Br)cc2cc1C(c1ccccc1)N(C(=O)CN(C)C)c1cccc2ccccc12. The number of carbonyl (C=O) groups is 1. The molecule has 0 N–H and O–H groups in total. The molecule has 0 saturated carbocycles. The minimum absolute atomic E-state index is 0.0217. The Balaban J connectivity index is 1.83. The summed E-state index contributed by atoms with van der Waals surface area (Å²) in [6, 6.07) is 31.9. The lowest BCUT2D eigenvalue weighted by molar-refractivity contribution is -0.119. The number of anilines is 1. The van der Waals surface area contributed by atoms with Crippen LogP contribution in [0.15, 0.2) is 102 Å². The molecular weight excluding hydrogens is 526 g/mol. The predicted molar refractivity (Wildman–Crippen MR) is 154 cm³/mol. The van der Waals surface area contributed by atoms with E-state index in [1.807, 2.05) is 84.6 Å². The van der Waals surface area contributed by atoms with Gasteiger partial charge in [-0.15, -0.1) is 0 Å². The molecule has 5 nitrogen and oxygen atoms in total. The van der Waals surface area contributed by atoms with Crippen molar-refractivity contribution < 1.29 is 9.53 Å². The number of hydrogen-bond acceptors (Lipinski definition) is 4. The van der Waals surface area contributed by atoms with E-state index in [-0.39, 0.29) is 12.5 Å². The highest BCUT2D eigenvalue weighted by atomic mass is 79.9. The van der Waals surface area contributed by atoms with Crippen molar-refractivity contribution in [1.82, 2.24) is 9.88 Å². The highest BCUT2D eigenvalue weighted by Crippen LogP contribution is 2.41. The standard InChI is InChI=1S/C31H28BrN3O2/c1-34(2)20-29(36)35(28-15-9-13-21-10-7-8-14-25(21)28)30(22-11-5-4-6-12-22)26-19-23-18-24(32)16-17-27(23)33-31(26)37-3/h4-19,30H,20H2,1-3H3. The number of amides is 1. The van der Waals surface area contributed by atoms with Gasteiger partial charge in [0.1, 0.15) is 0 Å². The number of rotatable bonds is 7. The Morgan fingerprint density at radius 2 is 1.62 bits per heavy atom. The molecule has 1 aromatic heterocycles. The molecule has 0 spiro atoms. The maximum atomic E-state index is 14.1. The van der Waals surface area contributed by atoms with Crippen LogP contribution in [-0.4, -0.2) is 43.5 Å². The lowest BCUT2D eigenvalue weighted by Gasteiger charge is -2.35. The molecule has 0 aliphatic heterocycles. The zero-order chi connectivity index (χ0) is 25.9. The fourth-order valence-electron chi connectivity index (χ4n) is 4.79. The molecule has 1 atom stereocenters. The van der Waals surface area contributed by atoms with Crippen molar-refractivity contribution in [1.29, 1.82) is 0 Å². The predicted octanol–water partition coefficient (Wildman–Crippen LogP) is 6.84. The lowest BCUT2D eigenvalue weighted by Crippen LogP contribution is -2.41.